The molecular weight excluding hydrogens is 606 g/mol. The van der Waals surface area contributed by atoms with Crippen LogP contribution in [0.1, 0.15) is 5.56 Å². The Labute approximate surface area is 216 Å². The number of sulfone groups is 1. The molecule has 0 bridgehead atoms. The SMILES string of the molecule is Cc1c(S(=O)(=O)NCP(=O)(O)Oc2ccc(S(=O)(=O)C(F)(F)F)c(F)c2)sc2c(F)cc(OCC[NH3+])cc12. The Bertz CT molecular complexity index is 1640. The van der Waals surface area contributed by atoms with Crippen LogP contribution >= 0.6 is 18.9 Å². The van der Waals surface area contributed by atoms with Crippen molar-refractivity contribution in [1.82, 2.24) is 4.72 Å². The van der Waals surface area contributed by atoms with Gasteiger partial charge in [0.2, 0.25) is 0 Å². The molecule has 1 heterocycles. The predicted octanol–water partition coefficient (Wildman–Crippen LogP) is 2.90. The van der Waals surface area contributed by atoms with Gasteiger partial charge in [0.25, 0.3) is 19.9 Å². The molecule has 0 aliphatic heterocycles. The van der Waals surface area contributed by atoms with Crippen LogP contribution in [0.3, 0.4) is 0 Å². The highest BCUT2D eigenvalue weighted by Gasteiger charge is 2.48. The molecule has 1 unspecified atom stereocenters. The maximum atomic E-state index is 14.5. The largest absolute Gasteiger partial charge is 0.502 e. The molecular formula is C19H19F5N2O8PS3+. The Balaban J connectivity index is 1.81. The van der Waals surface area contributed by atoms with Gasteiger partial charge in [-0.3, -0.25) is 0 Å². The standard InChI is InChI=1S/C19H18F5N2O8PS3/c1-10-13-6-12(33-5-4-25)8-15(21)17(13)36-18(10)38(31,32)26-9-35(27,28)34-11-2-3-16(14(20)7-11)37(29,30)19(22,23)24/h2-3,6-8,26H,4-5,9,25H2,1H3,(H,27,28)/p+1. The molecule has 0 saturated heterocycles. The van der Waals surface area contributed by atoms with Gasteiger partial charge in [0.15, 0.2) is 0 Å². The van der Waals surface area contributed by atoms with Gasteiger partial charge in [-0.2, -0.15) is 17.9 Å². The van der Waals surface area contributed by atoms with Crippen LogP contribution in [0.15, 0.2) is 39.4 Å². The molecule has 0 radical (unpaired) electrons. The molecule has 1 aromatic heterocycles. The quantitative estimate of drug-likeness (QED) is 0.229. The monoisotopic (exact) mass is 625 g/mol. The minimum atomic E-state index is -6.04. The number of nitrogens with one attached hydrogen (secondary N) is 1. The second-order valence-corrected chi connectivity index (χ2v) is 14.2. The van der Waals surface area contributed by atoms with Crippen LogP contribution in [0.5, 0.6) is 11.5 Å². The second kappa shape index (κ2) is 10.7. The molecule has 2 aromatic carbocycles. The fraction of sp³-hybridized carbons (Fsp3) is 0.263. The van der Waals surface area contributed by atoms with Crippen molar-refractivity contribution in [1.29, 1.82) is 0 Å². The number of ether oxygens (including phenoxy) is 1. The topological polar surface area (TPSA) is 164 Å². The van der Waals surface area contributed by atoms with Gasteiger partial charge in [0.1, 0.15) is 51.7 Å². The van der Waals surface area contributed by atoms with E-state index in [1.165, 1.54) is 13.0 Å². The van der Waals surface area contributed by atoms with E-state index in [4.69, 9.17) is 4.74 Å². The van der Waals surface area contributed by atoms with E-state index in [-0.39, 0.29) is 44.3 Å². The third-order valence-corrected chi connectivity index (χ3v) is 10.9. The molecule has 10 nitrogen and oxygen atoms in total. The smallest absolute Gasteiger partial charge is 0.488 e. The number of quaternary nitrogens is 1. The summed E-state index contributed by atoms with van der Waals surface area (Å²) in [5, 5.41) is 0.224. The van der Waals surface area contributed by atoms with E-state index >= 15 is 0 Å². The Morgan fingerprint density at radius 3 is 2.29 bits per heavy atom. The molecule has 0 aliphatic carbocycles. The lowest BCUT2D eigenvalue weighted by Crippen LogP contribution is -2.52. The first-order valence-electron chi connectivity index (χ1n) is 10.2. The van der Waals surface area contributed by atoms with E-state index in [0.717, 1.165) is 6.07 Å². The van der Waals surface area contributed by atoms with Gasteiger partial charge in [0, 0.05) is 17.5 Å². The van der Waals surface area contributed by atoms with E-state index in [1.54, 1.807) is 0 Å². The number of hydrogen-bond donors (Lipinski definition) is 3. The highest BCUT2D eigenvalue weighted by molar-refractivity contribution is 7.92. The molecule has 0 aliphatic rings. The molecule has 0 saturated carbocycles. The van der Waals surface area contributed by atoms with Crippen molar-refractivity contribution in [3.05, 3.63) is 47.5 Å². The van der Waals surface area contributed by atoms with E-state index in [0.29, 0.717) is 23.9 Å². The minimum Gasteiger partial charge on any atom is -0.488 e. The van der Waals surface area contributed by atoms with Crippen LogP contribution in [-0.4, -0.2) is 46.7 Å². The van der Waals surface area contributed by atoms with Crippen LogP contribution < -0.4 is 19.7 Å². The van der Waals surface area contributed by atoms with Crippen LogP contribution in [0.25, 0.3) is 10.1 Å². The summed E-state index contributed by atoms with van der Waals surface area (Å²) in [6.45, 7) is 1.97. The summed E-state index contributed by atoms with van der Waals surface area (Å²) in [6, 6.07) is 3.30. The van der Waals surface area contributed by atoms with Crippen LogP contribution in [0.4, 0.5) is 22.0 Å². The summed E-state index contributed by atoms with van der Waals surface area (Å²) in [6.07, 6.45) is -1.27. The number of aryl methyl sites for hydroxylation is 1. The first kappa shape index (κ1) is 30.2. The third-order valence-electron chi connectivity index (χ3n) is 4.78. The average Bonchev–Trinajstić information content (AvgIpc) is 3.13. The number of alkyl halides is 3. The van der Waals surface area contributed by atoms with E-state index < -0.39 is 61.5 Å². The minimum absolute atomic E-state index is 0.0161. The summed E-state index contributed by atoms with van der Waals surface area (Å²) in [5.41, 5.74) is -2.09. The number of hydrogen-bond acceptors (Lipinski definition) is 8. The van der Waals surface area contributed by atoms with Gasteiger partial charge in [-0.15, -0.1) is 11.3 Å². The van der Waals surface area contributed by atoms with Crippen molar-refractivity contribution in [2.45, 2.75) is 21.5 Å². The van der Waals surface area contributed by atoms with Crippen LogP contribution in [0.2, 0.25) is 0 Å². The molecule has 0 spiro atoms. The van der Waals surface area contributed by atoms with Crippen LogP contribution in [-0.2, 0) is 24.4 Å². The van der Waals surface area contributed by atoms with Crippen molar-refractivity contribution in [2.24, 2.45) is 0 Å². The molecule has 5 N–H and O–H groups in total. The van der Waals surface area contributed by atoms with Gasteiger partial charge < -0.3 is 19.9 Å². The molecule has 3 aromatic rings. The van der Waals surface area contributed by atoms with Crippen molar-refractivity contribution in [2.75, 3.05) is 19.4 Å². The van der Waals surface area contributed by atoms with Crippen molar-refractivity contribution >= 4 is 48.9 Å². The summed E-state index contributed by atoms with van der Waals surface area (Å²) >= 11 is 0.548. The van der Waals surface area contributed by atoms with Gasteiger partial charge >= 0.3 is 13.1 Å². The summed E-state index contributed by atoms with van der Waals surface area (Å²) in [4.78, 5) is 8.27. The number of halogens is 5. The number of sulfonamides is 1. The molecule has 38 heavy (non-hydrogen) atoms. The lowest BCUT2D eigenvalue weighted by atomic mass is 10.2. The fourth-order valence-corrected chi connectivity index (χ4v) is 8.16. The highest BCUT2D eigenvalue weighted by Crippen LogP contribution is 2.44. The molecule has 19 heteroatoms. The first-order chi connectivity index (χ1) is 17.4. The predicted molar refractivity (Wildman–Crippen MR) is 125 cm³/mol. The number of fused-ring (bicyclic) bond motifs is 1. The maximum absolute atomic E-state index is 14.5. The van der Waals surface area contributed by atoms with E-state index in [2.05, 4.69) is 10.3 Å². The summed E-state index contributed by atoms with van der Waals surface area (Å²) in [7, 11) is -15.5. The van der Waals surface area contributed by atoms with Crippen LogP contribution in [0, 0.1) is 18.6 Å². The summed E-state index contributed by atoms with van der Waals surface area (Å²) in [5.74, 6) is -3.37. The molecule has 0 fully saturated rings. The van der Waals surface area contributed by atoms with E-state index in [1.807, 2.05) is 4.72 Å². The zero-order valence-electron chi connectivity index (χ0n) is 19.1. The molecule has 3 rings (SSSR count). The number of benzene rings is 2. The number of thiophene rings is 1. The van der Waals surface area contributed by atoms with Crippen molar-refractivity contribution < 1.29 is 63.2 Å². The summed E-state index contributed by atoms with van der Waals surface area (Å²) < 4.78 is 139. The fourth-order valence-electron chi connectivity index (χ4n) is 3.07. The molecule has 1 atom stereocenters. The van der Waals surface area contributed by atoms with Gasteiger partial charge in [-0.1, -0.05) is 0 Å². The maximum Gasteiger partial charge on any atom is 0.502 e. The zero-order chi connectivity index (χ0) is 28.7. The van der Waals surface area contributed by atoms with Crippen molar-refractivity contribution in [3.8, 4) is 11.5 Å². The Morgan fingerprint density at radius 1 is 1.08 bits per heavy atom. The lowest BCUT2D eigenvalue weighted by Gasteiger charge is -2.15. The van der Waals surface area contributed by atoms with Crippen molar-refractivity contribution in [3.63, 3.8) is 0 Å². The third kappa shape index (κ3) is 6.27. The highest BCUT2D eigenvalue weighted by atomic mass is 32.2. The average molecular weight is 626 g/mol. The van der Waals surface area contributed by atoms with Gasteiger partial charge in [0.05, 0.1) is 4.70 Å². The van der Waals surface area contributed by atoms with Gasteiger partial charge in [-0.25, -0.2) is 30.2 Å². The molecule has 210 valence electrons. The van der Waals surface area contributed by atoms with Gasteiger partial charge in [-0.05, 0) is 30.7 Å². The first-order valence-corrected chi connectivity index (χ1v) is 15.7. The Hall–Kier alpha value is -2.34. The second-order valence-electron chi connectivity index (χ2n) is 7.57. The zero-order valence-corrected chi connectivity index (χ0v) is 22.4. The number of rotatable bonds is 10. The Morgan fingerprint density at radius 2 is 1.71 bits per heavy atom. The molecule has 0 amide bonds. The Kier molecular flexibility index (Phi) is 8.48. The normalized spacial score (nSPS) is 14.4. The van der Waals surface area contributed by atoms with E-state index in [9.17, 15) is 48.2 Å². The lowest BCUT2D eigenvalue weighted by molar-refractivity contribution is -0.370.